The van der Waals surface area contributed by atoms with E-state index in [0.29, 0.717) is 0 Å². The van der Waals surface area contributed by atoms with Crippen LogP contribution in [0.4, 0.5) is 0 Å². The van der Waals surface area contributed by atoms with Crippen molar-refractivity contribution in [2.75, 3.05) is 0 Å². The Balaban J connectivity index is 2.55. The third kappa shape index (κ3) is 3.96. The summed E-state index contributed by atoms with van der Waals surface area (Å²) in [5.74, 6) is -1.55. The van der Waals surface area contributed by atoms with E-state index in [1.165, 1.54) is 0 Å². The number of carbonyl (C=O) groups excluding carboxylic acids is 1. The average Bonchev–Trinajstić information content (AvgIpc) is 2.27. The zero-order valence-electron chi connectivity index (χ0n) is 8.88. The van der Waals surface area contributed by atoms with Crippen molar-refractivity contribution >= 4 is 11.9 Å². The molecule has 2 N–H and O–H groups in total. The molecular weight excluding hydrogens is 206 g/mol. The lowest BCUT2D eigenvalue weighted by Crippen LogP contribution is -2.24. The molecule has 4 nitrogen and oxygen atoms in total. The van der Waals surface area contributed by atoms with Gasteiger partial charge in [-0.05, 0) is 12.5 Å². The Bertz CT molecular complexity index is 398. The summed E-state index contributed by atoms with van der Waals surface area (Å²) < 4.78 is 0. The minimum absolute atomic E-state index is 0.146. The Morgan fingerprint density at radius 2 is 1.88 bits per heavy atom. The summed E-state index contributed by atoms with van der Waals surface area (Å²) in [6, 6.07) is 9.29. The van der Waals surface area contributed by atoms with Gasteiger partial charge in [0.2, 0.25) is 5.91 Å². The van der Waals surface area contributed by atoms with E-state index in [0.717, 1.165) is 17.7 Å². The van der Waals surface area contributed by atoms with E-state index in [-0.39, 0.29) is 6.04 Å². The Hall–Kier alpha value is -2.10. The highest BCUT2D eigenvalue weighted by Gasteiger charge is 2.06. The number of nitrogens with one attached hydrogen (secondary N) is 1. The van der Waals surface area contributed by atoms with Crippen LogP contribution in [-0.4, -0.2) is 17.0 Å². The fourth-order valence-corrected chi connectivity index (χ4v) is 1.23. The molecule has 1 aromatic carbocycles. The second-order valence-corrected chi connectivity index (χ2v) is 3.31. The summed E-state index contributed by atoms with van der Waals surface area (Å²) in [5.41, 5.74) is 0.972. The van der Waals surface area contributed by atoms with Crippen LogP contribution in [0, 0.1) is 0 Å². The second-order valence-electron chi connectivity index (χ2n) is 3.31. The van der Waals surface area contributed by atoms with E-state index in [9.17, 15) is 9.59 Å². The molecule has 1 atom stereocenters. The fraction of sp³-hybridized carbons (Fsp3) is 0.167. The molecule has 0 fully saturated rings. The lowest BCUT2D eigenvalue weighted by atomic mass is 10.1. The lowest BCUT2D eigenvalue weighted by Gasteiger charge is -2.12. The van der Waals surface area contributed by atoms with Gasteiger partial charge >= 0.3 is 5.97 Å². The standard InChI is InChI=1S/C12H13NO3/c1-9(10-5-3-2-4-6-10)13-11(14)7-8-12(15)16/h2-9H,1H3,(H,13,14)(H,15,16)/b8-7+/t9-/m1/s1. The number of hydrogen-bond donors (Lipinski definition) is 2. The Kier molecular flexibility index (Phi) is 4.27. The summed E-state index contributed by atoms with van der Waals surface area (Å²) >= 11 is 0. The SMILES string of the molecule is C[C@@H](NC(=O)/C=C/C(=O)O)c1ccccc1. The molecule has 1 aromatic rings. The van der Waals surface area contributed by atoms with Crippen molar-refractivity contribution in [3.05, 3.63) is 48.0 Å². The Labute approximate surface area is 93.6 Å². The van der Waals surface area contributed by atoms with Gasteiger partial charge in [0.05, 0.1) is 6.04 Å². The molecule has 84 valence electrons. The molecule has 0 spiro atoms. The van der Waals surface area contributed by atoms with E-state index in [1.807, 2.05) is 37.3 Å². The Morgan fingerprint density at radius 1 is 1.25 bits per heavy atom. The van der Waals surface area contributed by atoms with Crippen molar-refractivity contribution in [1.82, 2.24) is 5.32 Å². The number of benzene rings is 1. The van der Waals surface area contributed by atoms with Gasteiger partial charge in [0.25, 0.3) is 0 Å². The van der Waals surface area contributed by atoms with Gasteiger partial charge in [0.1, 0.15) is 0 Å². The maximum Gasteiger partial charge on any atom is 0.328 e. The summed E-state index contributed by atoms with van der Waals surface area (Å²) in [6.07, 6.45) is 1.81. The van der Waals surface area contributed by atoms with Crippen LogP contribution < -0.4 is 5.32 Å². The molecule has 0 aliphatic heterocycles. The lowest BCUT2D eigenvalue weighted by molar-refractivity contribution is -0.131. The molecule has 0 aliphatic carbocycles. The molecule has 1 rings (SSSR count). The molecule has 0 saturated heterocycles. The number of rotatable bonds is 4. The van der Waals surface area contributed by atoms with E-state index in [4.69, 9.17) is 5.11 Å². The average molecular weight is 219 g/mol. The fourth-order valence-electron chi connectivity index (χ4n) is 1.23. The zero-order valence-corrected chi connectivity index (χ0v) is 8.88. The van der Waals surface area contributed by atoms with Crippen LogP contribution in [0.5, 0.6) is 0 Å². The van der Waals surface area contributed by atoms with Crippen molar-refractivity contribution in [2.24, 2.45) is 0 Å². The highest BCUT2D eigenvalue weighted by molar-refractivity contribution is 5.94. The first-order chi connectivity index (χ1) is 7.59. The maximum atomic E-state index is 11.3. The van der Waals surface area contributed by atoms with E-state index >= 15 is 0 Å². The monoisotopic (exact) mass is 219 g/mol. The highest BCUT2D eigenvalue weighted by Crippen LogP contribution is 2.10. The third-order valence-electron chi connectivity index (χ3n) is 2.04. The number of aliphatic carboxylic acids is 1. The van der Waals surface area contributed by atoms with Gasteiger partial charge in [-0.3, -0.25) is 4.79 Å². The number of hydrogen-bond acceptors (Lipinski definition) is 2. The summed E-state index contributed by atoms with van der Waals surface area (Å²) in [7, 11) is 0. The summed E-state index contributed by atoms with van der Waals surface area (Å²) in [4.78, 5) is 21.5. The largest absolute Gasteiger partial charge is 0.478 e. The first-order valence-corrected chi connectivity index (χ1v) is 4.86. The van der Waals surface area contributed by atoms with Crippen molar-refractivity contribution in [2.45, 2.75) is 13.0 Å². The molecule has 4 heteroatoms. The predicted octanol–water partition coefficient (Wildman–Crippen LogP) is 1.50. The van der Waals surface area contributed by atoms with Crippen LogP contribution in [0.3, 0.4) is 0 Å². The molecule has 0 bridgehead atoms. The number of carboxylic acids is 1. The van der Waals surface area contributed by atoms with Gasteiger partial charge < -0.3 is 10.4 Å². The maximum absolute atomic E-state index is 11.3. The molecular formula is C12H13NO3. The normalized spacial score (nSPS) is 12.3. The van der Waals surface area contributed by atoms with Crippen LogP contribution in [0.25, 0.3) is 0 Å². The van der Waals surface area contributed by atoms with Crippen molar-refractivity contribution < 1.29 is 14.7 Å². The molecule has 0 saturated carbocycles. The molecule has 0 aromatic heterocycles. The van der Waals surface area contributed by atoms with E-state index in [1.54, 1.807) is 0 Å². The molecule has 0 heterocycles. The van der Waals surface area contributed by atoms with E-state index in [2.05, 4.69) is 5.32 Å². The Morgan fingerprint density at radius 3 is 2.44 bits per heavy atom. The molecule has 0 aliphatic rings. The number of carbonyl (C=O) groups is 2. The molecule has 1 amide bonds. The van der Waals surface area contributed by atoms with Gasteiger partial charge in [0.15, 0.2) is 0 Å². The minimum Gasteiger partial charge on any atom is -0.478 e. The van der Waals surface area contributed by atoms with Crippen molar-refractivity contribution in [1.29, 1.82) is 0 Å². The van der Waals surface area contributed by atoms with Crippen LogP contribution in [-0.2, 0) is 9.59 Å². The van der Waals surface area contributed by atoms with Gasteiger partial charge in [-0.25, -0.2) is 4.79 Å². The van der Waals surface area contributed by atoms with E-state index < -0.39 is 11.9 Å². The molecule has 0 unspecified atom stereocenters. The zero-order chi connectivity index (χ0) is 12.0. The summed E-state index contributed by atoms with van der Waals surface area (Å²) in [5, 5.41) is 11.0. The first kappa shape index (κ1) is 12.0. The highest BCUT2D eigenvalue weighted by atomic mass is 16.4. The molecule has 16 heavy (non-hydrogen) atoms. The topological polar surface area (TPSA) is 66.4 Å². The molecule has 0 radical (unpaired) electrons. The summed E-state index contributed by atoms with van der Waals surface area (Å²) in [6.45, 7) is 1.84. The first-order valence-electron chi connectivity index (χ1n) is 4.86. The second kappa shape index (κ2) is 5.70. The minimum atomic E-state index is -1.14. The van der Waals surface area contributed by atoms with Crippen LogP contribution in [0.1, 0.15) is 18.5 Å². The van der Waals surface area contributed by atoms with Crippen molar-refractivity contribution in [3.63, 3.8) is 0 Å². The van der Waals surface area contributed by atoms with Gasteiger partial charge in [-0.15, -0.1) is 0 Å². The third-order valence-corrected chi connectivity index (χ3v) is 2.04. The van der Waals surface area contributed by atoms with Gasteiger partial charge in [-0.2, -0.15) is 0 Å². The van der Waals surface area contributed by atoms with Crippen LogP contribution in [0.2, 0.25) is 0 Å². The number of amides is 1. The predicted molar refractivity (Wildman–Crippen MR) is 59.8 cm³/mol. The van der Waals surface area contributed by atoms with Gasteiger partial charge in [-0.1, -0.05) is 30.3 Å². The van der Waals surface area contributed by atoms with Crippen LogP contribution >= 0.6 is 0 Å². The number of carboxylic acid groups (broad SMARTS) is 1. The van der Waals surface area contributed by atoms with Crippen molar-refractivity contribution in [3.8, 4) is 0 Å². The van der Waals surface area contributed by atoms with Crippen LogP contribution in [0.15, 0.2) is 42.5 Å². The van der Waals surface area contributed by atoms with Gasteiger partial charge in [0, 0.05) is 12.2 Å². The smallest absolute Gasteiger partial charge is 0.328 e. The quantitative estimate of drug-likeness (QED) is 0.754.